The van der Waals surface area contributed by atoms with Crippen molar-refractivity contribution in [3.63, 3.8) is 0 Å². The molecule has 23 heavy (non-hydrogen) atoms. The van der Waals surface area contributed by atoms with Gasteiger partial charge in [0.25, 0.3) is 0 Å². The van der Waals surface area contributed by atoms with Crippen LogP contribution in [0.3, 0.4) is 0 Å². The summed E-state index contributed by atoms with van der Waals surface area (Å²) in [7, 11) is 0. The minimum atomic E-state index is -5.26. The molecule has 0 atom stereocenters. The van der Waals surface area contributed by atoms with Crippen molar-refractivity contribution in [1.29, 1.82) is 0 Å². The third-order valence-electron chi connectivity index (χ3n) is 3.09. The first-order valence-corrected chi connectivity index (χ1v) is 6.13. The van der Waals surface area contributed by atoms with E-state index in [1.54, 1.807) is 0 Å². The number of rotatable bonds is 2. The van der Waals surface area contributed by atoms with Gasteiger partial charge in [-0.25, -0.2) is 4.79 Å². The summed E-state index contributed by atoms with van der Waals surface area (Å²) in [6.07, 6.45) is -10.5. The number of hydrogen-bond donors (Lipinski definition) is 1. The highest BCUT2D eigenvalue weighted by Gasteiger charge is 2.44. The number of carbonyl (C=O) groups is 1. The molecule has 0 saturated carbocycles. The van der Waals surface area contributed by atoms with E-state index in [1.807, 2.05) is 0 Å². The lowest BCUT2D eigenvalue weighted by Crippen LogP contribution is -2.21. The van der Waals surface area contributed by atoms with Gasteiger partial charge in [-0.15, -0.1) is 0 Å². The predicted octanol–water partition coefficient (Wildman–Crippen LogP) is 5.09. The van der Waals surface area contributed by atoms with E-state index in [2.05, 4.69) is 0 Å². The Bertz CT molecular complexity index is 732. The van der Waals surface area contributed by atoms with Gasteiger partial charge in [0.15, 0.2) is 0 Å². The van der Waals surface area contributed by atoms with Crippen LogP contribution in [0.15, 0.2) is 42.5 Å². The van der Waals surface area contributed by atoms with Crippen molar-refractivity contribution >= 4 is 5.97 Å². The fourth-order valence-electron chi connectivity index (χ4n) is 2.21. The first kappa shape index (κ1) is 16.9. The van der Waals surface area contributed by atoms with Crippen molar-refractivity contribution in [3.8, 4) is 11.1 Å². The molecule has 0 aromatic heterocycles. The van der Waals surface area contributed by atoms with E-state index in [0.29, 0.717) is 12.1 Å². The topological polar surface area (TPSA) is 37.3 Å². The van der Waals surface area contributed by atoms with Crippen LogP contribution in [0.5, 0.6) is 0 Å². The van der Waals surface area contributed by atoms with Gasteiger partial charge in [-0.05, 0) is 17.2 Å². The Hall–Kier alpha value is -2.51. The molecule has 0 aliphatic rings. The van der Waals surface area contributed by atoms with E-state index in [1.165, 1.54) is 30.3 Å². The second-order valence-corrected chi connectivity index (χ2v) is 4.58. The molecule has 0 aliphatic heterocycles. The number of alkyl halides is 6. The lowest BCUT2D eigenvalue weighted by molar-refractivity contribution is -0.143. The maximum atomic E-state index is 13.3. The molecule has 0 heterocycles. The van der Waals surface area contributed by atoms with Gasteiger partial charge >= 0.3 is 18.3 Å². The zero-order valence-electron chi connectivity index (χ0n) is 11.2. The summed E-state index contributed by atoms with van der Waals surface area (Å²) < 4.78 is 78.5. The SMILES string of the molecule is O=C(O)c1c(C(F)(F)F)ccc(-c2ccccc2)c1C(F)(F)F. The van der Waals surface area contributed by atoms with Crippen LogP contribution in [0.2, 0.25) is 0 Å². The summed E-state index contributed by atoms with van der Waals surface area (Å²) in [5, 5.41) is 8.94. The summed E-state index contributed by atoms with van der Waals surface area (Å²) in [4.78, 5) is 11.1. The van der Waals surface area contributed by atoms with Crippen LogP contribution in [0.25, 0.3) is 11.1 Å². The van der Waals surface area contributed by atoms with Gasteiger partial charge in [-0.1, -0.05) is 36.4 Å². The van der Waals surface area contributed by atoms with Crippen LogP contribution >= 0.6 is 0 Å². The molecule has 0 amide bonds. The van der Waals surface area contributed by atoms with Gasteiger partial charge in [0, 0.05) is 0 Å². The van der Waals surface area contributed by atoms with Gasteiger partial charge in [0.1, 0.15) is 0 Å². The summed E-state index contributed by atoms with van der Waals surface area (Å²) in [6.45, 7) is 0. The van der Waals surface area contributed by atoms with Crippen LogP contribution in [0.1, 0.15) is 21.5 Å². The van der Waals surface area contributed by atoms with E-state index in [0.717, 1.165) is 0 Å². The molecule has 0 unspecified atom stereocenters. The van der Waals surface area contributed by atoms with Crippen molar-refractivity contribution in [2.75, 3.05) is 0 Å². The van der Waals surface area contributed by atoms with E-state index < -0.39 is 40.6 Å². The van der Waals surface area contributed by atoms with Gasteiger partial charge in [0.2, 0.25) is 0 Å². The van der Waals surface area contributed by atoms with E-state index in [4.69, 9.17) is 5.11 Å². The third kappa shape index (κ3) is 3.30. The van der Waals surface area contributed by atoms with E-state index >= 15 is 0 Å². The predicted molar refractivity (Wildman–Crippen MR) is 68.8 cm³/mol. The number of halogens is 6. The summed E-state index contributed by atoms with van der Waals surface area (Å²) in [5.41, 5.74) is -6.10. The lowest BCUT2D eigenvalue weighted by atomic mass is 9.91. The minimum Gasteiger partial charge on any atom is -0.478 e. The highest BCUT2D eigenvalue weighted by molar-refractivity contribution is 5.94. The molecule has 8 heteroatoms. The zero-order chi connectivity index (χ0) is 17.4. The fraction of sp³-hybridized carbons (Fsp3) is 0.133. The van der Waals surface area contributed by atoms with Gasteiger partial charge < -0.3 is 5.11 Å². The molecule has 2 nitrogen and oxygen atoms in total. The monoisotopic (exact) mass is 334 g/mol. The normalized spacial score (nSPS) is 12.3. The Morgan fingerprint density at radius 3 is 1.83 bits per heavy atom. The number of benzene rings is 2. The van der Waals surface area contributed by atoms with Gasteiger partial charge in [0.05, 0.1) is 16.7 Å². The summed E-state index contributed by atoms with van der Waals surface area (Å²) in [6, 6.07) is 7.79. The Labute approximate surface area is 126 Å². The molecule has 2 aromatic rings. The molecule has 2 aromatic carbocycles. The number of carboxylic acids is 1. The van der Waals surface area contributed by atoms with Crippen LogP contribution in [-0.2, 0) is 12.4 Å². The third-order valence-corrected chi connectivity index (χ3v) is 3.09. The zero-order valence-corrected chi connectivity index (χ0v) is 11.2. The van der Waals surface area contributed by atoms with Crippen LogP contribution in [0, 0.1) is 0 Å². The molecule has 0 fully saturated rings. The molecule has 122 valence electrons. The van der Waals surface area contributed by atoms with Crippen molar-refractivity contribution in [2.45, 2.75) is 12.4 Å². The molecule has 0 radical (unpaired) electrons. The Morgan fingerprint density at radius 2 is 1.39 bits per heavy atom. The molecule has 0 saturated heterocycles. The second-order valence-electron chi connectivity index (χ2n) is 4.58. The van der Waals surface area contributed by atoms with Crippen LogP contribution in [-0.4, -0.2) is 11.1 Å². The second kappa shape index (κ2) is 5.60. The fourth-order valence-corrected chi connectivity index (χ4v) is 2.21. The Kier molecular flexibility index (Phi) is 4.10. The van der Waals surface area contributed by atoms with Gasteiger partial charge in [-0.2, -0.15) is 26.3 Å². The van der Waals surface area contributed by atoms with E-state index in [9.17, 15) is 31.1 Å². The highest BCUT2D eigenvalue weighted by Crippen LogP contribution is 2.44. The molecule has 0 bridgehead atoms. The number of carboxylic acid groups (broad SMARTS) is 1. The smallest absolute Gasteiger partial charge is 0.417 e. The minimum absolute atomic E-state index is 0.0314. The maximum absolute atomic E-state index is 13.3. The molecular weight excluding hydrogens is 326 g/mol. The largest absolute Gasteiger partial charge is 0.478 e. The Balaban J connectivity index is 2.92. The lowest BCUT2D eigenvalue weighted by Gasteiger charge is -2.20. The number of aromatic carboxylic acids is 1. The van der Waals surface area contributed by atoms with Crippen molar-refractivity contribution in [1.82, 2.24) is 0 Å². The standard InChI is InChI=1S/C15H8F6O2/c16-14(17,18)10-7-6-9(8-4-2-1-3-5-8)12(15(19,20)21)11(10)13(22)23/h1-7H,(H,22,23). The summed E-state index contributed by atoms with van der Waals surface area (Å²) >= 11 is 0. The van der Waals surface area contributed by atoms with Crippen molar-refractivity contribution in [2.24, 2.45) is 0 Å². The molecular formula is C15H8F6O2. The van der Waals surface area contributed by atoms with Crippen LogP contribution < -0.4 is 0 Å². The van der Waals surface area contributed by atoms with Crippen molar-refractivity contribution in [3.05, 3.63) is 59.2 Å². The maximum Gasteiger partial charge on any atom is 0.417 e. The quantitative estimate of drug-likeness (QED) is 0.777. The molecule has 2 rings (SSSR count). The first-order chi connectivity index (χ1) is 10.5. The molecule has 0 aliphatic carbocycles. The molecule has 0 spiro atoms. The summed E-state index contributed by atoms with van der Waals surface area (Å²) in [5.74, 6) is -2.29. The van der Waals surface area contributed by atoms with E-state index in [-0.39, 0.29) is 5.56 Å². The average molecular weight is 334 g/mol. The number of hydrogen-bond acceptors (Lipinski definition) is 1. The first-order valence-electron chi connectivity index (χ1n) is 6.13. The van der Waals surface area contributed by atoms with Crippen molar-refractivity contribution < 1.29 is 36.2 Å². The molecule has 1 N–H and O–H groups in total. The average Bonchev–Trinajstić information content (AvgIpc) is 2.44. The van der Waals surface area contributed by atoms with Crippen LogP contribution in [0.4, 0.5) is 26.3 Å². The van der Waals surface area contributed by atoms with Gasteiger partial charge in [-0.3, -0.25) is 0 Å². The highest BCUT2D eigenvalue weighted by atomic mass is 19.4. The Morgan fingerprint density at radius 1 is 0.826 bits per heavy atom.